The number of carbonyl (C=O) groups is 3. The van der Waals surface area contributed by atoms with Crippen molar-refractivity contribution in [3.05, 3.63) is 12.2 Å². The highest BCUT2D eigenvalue weighted by Gasteiger charge is 2.31. The number of aliphatic carboxylic acids is 1. The van der Waals surface area contributed by atoms with E-state index < -0.39 is 18.1 Å². The number of likely N-dealkylation sites (N-methyl/N-ethyl adjacent to an activating group) is 1. The first-order valence-corrected chi connectivity index (χ1v) is 21.2. The predicted molar refractivity (Wildman–Crippen MR) is 211 cm³/mol. The zero-order chi connectivity index (χ0) is 37.8. The number of nitrogens with zero attached hydrogens (tertiary/aromatic N) is 1. The Hall–Kier alpha value is -1.93. The minimum absolute atomic E-state index is 0.0486. The molecule has 0 heterocycles. The molecule has 2 unspecified atom stereocenters. The third-order valence-corrected chi connectivity index (χ3v) is 9.66. The van der Waals surface area contributed by atoms with Crippen molar-refractivity contribution in [1.82, 2.24) is 0 Å². The molecule has 51 heavy (non-hydrogen) atoms. The van der Waals surface area contributed by atoms with Crippen LogP contribution in [0.25, 0.3) is 0 Å². The number of ether oxygens (including phenoxy) is 3. The fraction of sp³-hybridized carbons (Fsp3) is 0.884. The van der Waals surface area contributed by atoms with E-state index in [-0.39, 0.29) is 36.2 Å². The maximum absolute atomic E-state index is 12.7. The maximum atomic E-state index is 12.7. The molecule has 8 nitrogen and oxygen atoms in total. The zero-order valence-corrected chi connectivity index (χ0v) is 34.1. The van der Waals surface area contributed by atoms with Crippen LogP contribution < -0.4 is 0 Å². The lowest BCUT2D eigenvalue weighted by molar-refractivity contribution is -0.887. The molecule has 1 N–H and O–H groups in total. The highest BCUT2D eigenvalue weighted by atomic mass is 16.6. The Kier molecular flexibility index (Phi) is 33.8. The van der Waals surface area contributed by atoms with Crippen LogP contribution in [0, 0.1) is 0 Å². The second-order valence-corrected chi connectivity index (χ2v) is 15.6. The Morgan fingerprint density at radius 3 is 1.43 bits per heavy atom. The average molecular weight is 725 g/mol. The summed E-state index contributed by atoms with van der Waals surface area (Å²) in [7, 11) is 5.52. The van der Waals surface area contributed by atoms with E-state index in [1.54, 1.807) is 0 Å². The van der Waals surface area contributed by atoms with Gasteiger partial charge in [0, 0.05) is 19.3 Å². The van der Waals surface area contributed by atoms with E-state index in [0.29, 0.717) is 19.3 Å². The van der Waals surface area contributed by atoms with Crippen LogP contribution in [0.15, 0.2) is 12.2 Å². The topological polar surface area (TPSA) is 99.1 Å². The molecular formula is C43H82NO7+. The van der Waals surface area contributed by atoms with Crippen molar-refractivity contribution in [2.24, 2.45) is 0 Å². The van der Waals surface area contributed by atoms with E-state index in [2.05, 4.69) is 26.0 Å². The number of hydrogen-bond donors (Lipinski definition) is 1. The second-order valence-electron chi connectivity index (χ2n) is 15.6. The largest absolute Gasteiger partial charge is 0.477 e. The van der Waals surface area contributed by atoms with Crippen LogP contribution in [0.4, 0.5) is 0 Å². The van der Waals surface area contributed by atoms with Gasteiger partial charge in [-0.05, 0) is 38.5 Å². The Labute approximate surface area is 314 Å². The number of allylic oxidation sites excluding steroid dienone is 2. The molecule has 300 valence electrons. The lowest BCUT2D eigenvalue weighted by Gasteiger charge is -2.31. The third kappa shape index (κ3) is 33.6. The number of carbonyl (C=O) groups excluding carboxylic acids is 2. The van der Waals surface area contributed by atoms with E-state index in [4.69, 9.17) is 14.2 Å². The molecule has 0 radical (unpaired) electrons. The van der Waals surface area contributed by atoms with Crippen LogP contribution in [0.3, 0.4) is 0 Å². The third-order valence-electron chi connectivity index (χ3n) is 9.66. The summed E-state index contributed by atoms with van der Waals surface area (Å²) in [5.41, 5.74) is 0. The second kappa shape index (κ2) is 35.1. The van der Waals surface area contributed by atoms with Crippen molar-refractivity contribution < 1.29 is 38.2 Å². The van der Waals surface area contributed by atoms with Crippen LogP contribution in [-0.4, -0.2) is 80.6 Å². The molecule has 0 aromatic rings. The van der Waals surface area contributed by atoms with E-state index >= 15 is 0 Å². The van der Waals surface area contributed by atoms with Crippen molar-refractivity contribution >= 4 is 17.9 Å². The minimum Gasteiger partial charge on any atom is -0.477 e. The van der Waals surface area contributed by atoms with E-state index in [1.807, 2.05) is 21.1 Å². The van der Waals surface area contributed by atoms with Gasteiger partial charge < -0.3 is 23.8 Å². The molecule has 0 aliphatic carbocycles. The lowest BCUT2D eigenvalue weighted by Crippen LogP contribution is -2.50. The van der Waals surface area contributed by atoms with Gasteiger partial charge in [0.15, 0.2) is 12.1 Å². The Bertz CT molecular complexity index is 854. The summed E-state index contributed by atoms with van der Waals surface area (Å²) in [6.07, 6.45) is 35.3. The number of unbranched alkanes of at least 4 members (excludes halogenated alkanes) is 22. The van der Waals surface area contributed by atoms with Crippen LogP contribution in [-0.2, 0) is 28.6 Å². The van der Waals surface area contributed by atoms with Gasteiger partial charge in [-0.3, -0.25) is 9.59 Å². The molecule has 0 aliphatic rings. The number of carboxylic acids is 1. The molecule has 0 aliphatic heterocycles. The maximum Gasteiger partial charge on any atom is 0.362 e. The van der Waals surface area contributed by atoms with Gasteiger partial charge in [0.25, 0.3) is 0 Å². The van der Waals surface area contributed by atoms with Gasteiger partial charge in [-0.2, -0.15) is 0 Å². The number of rotatable bonds is 38. The normalized spacial score (nSPS) is 13.0. The monoisotopic (exact) mass is 725 g/mol. The lowest BCUT2D eigenvalue weighted by atomic mass is 10.0. The van der Waals surface area contributed by atoms with Gasteiger partial charge >= 0.3 is 17.9 Å². The summed E-state index contributed by atoms with van der Waals surface area (Å²) in [5, 5.41) is 9.60. The SMILES string of the molecule is CCCCCC/C=C\CCCCCCCC(=O)OC(COCCC(C(=O)O)[N+](C)(C)C)COC(=O)CCCCCCCCCCCCCCCC. The number of carboxylic acid groups (broad SMARTS) is 1. The highest BCUT2D eigenvalue weighted by molar-refractivity contribution is 5.72. The summed E-state index contributed by atoms with van der Waals surface area (Å²) >= 11 is 0. The van der Waals surface area contributed by atoms with Gasteiger partial charge in [-0.25, -0.2) is 4.79 Å². The molecular weight excluding hydrogens is 642 g/mol. The molecule has 2 atom stereocenters. The molecule has 0 fully saturated rings. The van der Waals surface area contributed by atoms with Gasteiger partial charge in [0.05, 0.1) is 34.4 Å². The molecule has 0 saturated heterocycles. The number of quaternary nitrogens is 1. The first-order chi connectivity index (χ1) is 24.6. The van der Waals surface area contributed by atoms with E-state index in [0.717, 1.165) is 51.4 Å². The summed E-state index contributed by atoms with van der Waals surface area (Å²) in [6, 6.07) is -0.611. The van der Waals surface area contributed by atoms with Crippen molar-refractivity contribution in [3.63, 3.8) is 0 Å². The Morgan fingerprint density at radius 1 is 0.569 bits per heavy atom. The number of hydrogen-bond acceptors (Lipinski definition) is 6. The molecule has 0 aromatic heterocycles. The average Bonchev–Trinajstić information content (AvgIpc) is 3.08. The molecule has 0 bridgehead atoms. The van der Waals surface area contributed by atoms with Crippen LogP contribution in [0.1, 0.15) is 194 Å². The molecule has 0 amide bonds. The Morgan fingerprint density at radius 2 is 0.980 bits per heavy atom. The van der Waals surface area contributed by atoms with Gasteiger partial charge in [0.2, 0.25) is 0 Å². The van der Waals surface area contributed by atoms with Crippen molar-refractivity contribution in [2.45, 2.75) is 206 Å². The minimum atomic E-state index is -0.874. The Balaban J connectivity index is 4.36. The molecule has 0 spiro atoms. The molecule has 0 aromatic carbocycles. The summed E-state index contributed by atoms with van der Waals surface area (Å²) in [5.74, 6) is -1.47. The van der Waals surface area contributed by atoms with Crippen LogP contribution in [0.2, 0.25) is 0 Å². The summed E-state index contributed by atoms with van der Waals surface area (Å²) in [6.45, 7) is 4.72. The smallest absolute Gasteiger partial charge is 0.362 e. The van der Waals surface area contributed by atoms with E-state index in [1.165, 1.54) is 109 Å². The van der Waals surface area contributed by atoms with Crippen molar-refractivity contribution in [2.75, 3.05) is 41.0 Å². The van der Waals surface area contributed by atoms with Crippen LogP contribution >= 0.6 is 0 Å². The van der Waals surface area contributed by atoms with Gasteiger partial charge in [0.1, 0.15) is 6.61 Å². The quantitative estimate of drug-likeness (QED) is 0.0293. The predicted octanol–water partition coefficient (Wildman–Crippen LogP) is 11.1. The van der Waals surface area contributed by atoms with Crippen LogP contribution in [0.5, 0.6) is 0 Å². The van der Waals surface area contributed by atoms with Gasteiger partial charge in [-0.1, -0.05) is 148 Å². The first kappa shape index (κ1) is 49.1. The standard InChI is InChI=1S/C43H81NO7/c1-6-8-10-12-14-16-18-20-22-23-25-27-29-31-33-41(45)50-38-39(37-49-36-35-40(43(47)48)44(3,4)5)51-42(46)34-32-30-28-26-24-21-19-17-15-13-11-9-7-2/h17,19,39-40H,6-16,18,20-38H2,1-5H3/p+1/b19-17-. The fourth-order valence-corrected chi connectivity index (χ4v) is 6.32. The molecule has 8 heteroatoms. The molecule has 0 saturated carbocycles. The molecule has 0 rings (SSSR count). The zero-order valence-electron chi connectivity index (χ0n) is 34.1. The van der Waals surface area contributed by atoms with Crippen molar-refractivity contribution in [3.8, 4) is 0 Å². The fourth-order valence-electron chi connectivity index (χ4n) is 6.32. The van der Waals surface area contributed by atoms with E-state index in [9.17, 15) is 19.5 Å². The summed E-state index contributed by atoms with van der Waals surface area (Å²) < 4.78 is 17.2. The highest BCUT2D eigenvalue weighted by Crippen LogP contribution is 2.15. The summed E-state index contributed by atoms with van der Waals surface area (Å²) in [4.78, 5) is 36.9. The number of esters is 2. The van der Waals surface area contributed by atoms with Crippen molar-refractivity contribution in [1.29, 1.82) is 0 Å². The van der Waals surface area contributed by atoms with Gasteiger partial charge in [-0.15, -0.1) is 0 Å². The first-order valence-electron chi connectivity index (χ1n) is 21.2.